The Bertz CT molecular complexity index is 583. The Morgan fingerprint density at radius 3 is 2.67 bits per heavy atom. The molecule has 1 saturated heterocycles. The zero-order valence-corrected chi connectivity index (χ0v) is 10.3. The Kier molecular flexibility index (Phi) is 2.82. The molecule has 1 aliphatic rings. The second kappa shape index (κ2) is 4.35. The number of halogens is 2. The maximum atomic E-state index is 13.8. The van der Waals surface area contributed by atoms with Gasteiger partial charge >= 0.3 is 0 Å². The number of fused-ring (bicyclic) bond motifs is 1. The smallest absolute Gasteiger partial charge is 0.147 e. The quantitative estimate of drug-likeness (QED) is 0.799. The fourth-order valence-corrected chi connectivity index (χ4v) is 2.91. The Morgan fingerprint density at radius 1 is 1.22 bits per heavy atom. The highest BCUT2D eigenvalue weighted by atomic mass is 19.1. The molecule has 2 heterocycles. The van der Waals surface area contributed by atoms with Crippen LogP contribution in [0.25, 0.3) is 10.9 Å². The van der Waals surface area contributed by atoms with Crippen LogP contribution in [0.3, 0.4) is 0 Å². The number of benzene rings is 1. The Hall–Kier alpha value is -1.42. The number of rotatable bonds is 1. The second-order valence-electron chi connectivity index (χ2n) is 4.99. The molecular weight excluding hydrogens is 234 g/mol. The van der Waals surface area contributed by atoms with E-state index in [4.69, 9.17) is 0 Å². The number of hydrogen-bond donors (Lipinski definition) is 2. The first-order valence-electron chi connectivity index (χ1n) is 6.35. The molecule has 1 unspecified atom stereocenters. The maximum Gasteiger partial charge on any atom is 0.147 e. The summed E-state index contributed by atoms with van der Waals surface area (Å²) in [6, 6.07) is 2.37. The molecule has 96 valence electrons. The van der Waals surface area contributed by atoms with Crippen molar-refractivity contribution in [3.05, 3.63) is 35.0 Å². The van der Waals surface area contributed by atoms with Crippen molar-refractivity contribution in [1.82, 2.24) is 10.3 Å². The summed E-state index contributed by atoms with van der Waals surface area (Å²) >= 11 is 0. The van der Waals surface area contributed by atoms with Gasteiger partial charge in [0.05, 0.1) is 5.52 Å². The SMILES string of the molecule is Cc1c(C2CCCNC2)[nH]c2c(F)ccc(F)c12. The van der Waals surface area contributed by atoms with E-state index >= 15 is 0 Å². The number of H-pyrrole nitrogens is 1. The van der Waals surface area contributed by atoms with Crippen LogP contribution in [0, 0.1) is 18.6 Å². The van der Waals surface area contributed by atoms with Gasteiger partial charge in [-0.25, -0.2) is 8.78 Å². The molecule has 2 N–H and O–H groups in total. The lowest BCUT2D eigenvalue weighted by molar-refractivity contribution is 0.455. The Balaban J connectivity index is 2.16. The highest BCUT2D eigenvalue weighted by Gasteiger charge is 2.22. The first-order chi connectivity index (χ1) is 8.68. The monoisotopic (exact) mass is 250 g/mol. The lowest BCUT2D eigenvalue weighted by Gasteiger charge is -2.22. The zero-order chi connectivity index (χ0) is 12.7. The number of aromatic amines is 1. The molecule has 1 aromatic carbocycles. The van der Waals surface area contributed by atoms with Crippen LogP contribution in [-0.4, -0.2) is 18.1 Å². The van der Waals surface area contributed by atoms with Gasteiger partial charge in [0.15, 0.2) is 0 Å². The third-order valence-electron chi connectivity index (χ3n) is 3.85. The largest absolute Gasteiger partial charge is 0.355 e. The molecule has 1 fully saturated rings. The summed E-state index contributed by atoms with van der Waals surface area (Å²) in [5.41, 5.74) is 2.12. The molecule has 2 aromatic rings. The molecule has 0 spiro atoms. The molecule has 4 heteroatoms. The highest BCUT2D eigenvalue weighted by Crippen LogP contribution is 2.32. The fraction of sp³-hybridized carbons (Fsp3) is 0.429. The van der Waals surface area contributed by atoms with Crippen molar-refractivity contribution in [2.24, 2.45) is 0 Å². The molecule has 0 amide bonds. The summed E-state index contributed by atoms with van der Waals surface area (Å²) in [4.78, 5) is 3.09. The van der Waals surface area contributed by atoms with E-state index in [-0.39, 0.29) is 11.6 Å². The highest BCUT2D eigenvalue weighted by molar-refractivity contribution is 5.85. The minimum absolute atomic E-state index is 0.299. The minimum atomic E-state index is -0.385. The third-order valence-corrected chi connectivity index (χ3v) is 3.85. The van der Waals surface area contributed by atoms with Crippen molar-refractivity contribution in [1.29, 1.82) is 0 Å². The van der Waals surface area contributed by atoms with Crippen molar-refractivity contribution < 1.29 is 8.78 Å². The molecule has 1 atom stereocenters. The topological polar surface area (TPSA) is 27.8 Å². The van der Waals surface area contributed by atoms with E-state index in [0.717, 1.165) is 37.2 Å². The van der Waals surface area contributed by atoms with Gasteiger partial charge in [0.2, 0.25) is 0 Å². The average molecular weight is 250 g/mol. The Labute approximate surface area is 104 Å². The Morgan fingerprint density at radius 2 is 2.00 bits per heavy atom. The molecule has 0 saturated carbocycles. The van der Waals surface area contributed by atoms with E-state index in [2.05, 4.69) is 10.3 Å². The van der Waals surface area contributed by atoms with Gasteiger partial charge in [-0.1, -0.05) is 0 Å². The molecule has 2 nitrogen and oxygen atoms in total. The van der Waals surface area contributed by atoms with Crippen molar-refractivity contribution in [3.63, 3.8) is 0 Å². The van der Waals surface area contributed by atoms with Crippen molar-refractivity contribution >= 4 is 10.9 Å². The standard InChI is InChI=1S/C14H16F2N2/c1-8-12-10(15)4-5-11(16)14(12)18-13(8)9-3-2-6-17-7-9/h4-5,9,17-18H,2-3,6-7H2,1H3. The van der Waals surface area contributed by atoms with Gasteiger partial charge < -0.3 is 10.3 Å². The van der Waals surface area contributed by atoms with Crippen LogP contribution in [-0.2, 0) is 0 Å². The third kappa shape index (κ3) is 1.72. The lowest BCUT2D eigenvalue weighted by atomic mass is 9.93. The molecule has 0 aliphatic carbocycles. The van der Waals surface area contributed by atoms with Gasteiger partial charge in [0.1, 0.15) is 11.6 Å². The maximum absolute atomic E-state index is 13.8. The van der Waals surface area contributed by atoms with Gasteiger partial charge in [0, 0.05) is 23.5 Å². The number of aryl methyl sites for hydroxylation is 1. The number of aromatic nitrogens is 1. The summed E-state index contributed by atoms with van der Waals surface area (Å²) in [7, 11) is 0. The molecule has 1 aromatic heterocycles. The van der Waals surface area contributed by atoms with Crippen LogP contribution < -0.4 is 5.32 Å². The van der Waals surface area contributed by atoms with Crippen LogP contribution in [0.5, 0.6) is 0 Å². The number of nitrogens with one attached hydrogen (secondary N) is 2. The van der Waals surface area contributed by atoms with E-state index in [1.54, 1.807) is 0 Å². The van der Waals surface area contributed by atoms with Gasteiger partial charge in [-0.15, -0.1) is 0 Å². The van der Waals surface area contributed by atoms with E-state index in [1.807, 2.05) is 6.92 Å². The molecule has 18 heavy (non-hydrogen) atoms. The predicted molar refractivity (Wildman–Crippen MR) is 67.8 cm³/mol. The van der Waals surface area contributed by atoms with Gasteiger partial charge in [-0.2, -0.15) is 0 Å². The first kappa shape index (κ1) is 11.7. The molecular formula is C14H16F2N2. The van der Waals surface area contributed by atoms with Crippen LogP contribution in [0.15, 0.2) is 12.1 Å². The normalized spacial score (nSPS) is 20.5. The van der Waals surface area contributed by atoms with Crippen molar-refractivity contribution in [2.45, 2.75) is 25.7 Å². The molecule has 1 aliphatic heterocycles. The van der Waals surface area contributed by atoms with Crippen molar-refractivity contribution in [2.75, 3.05) is 13.1 Å². The van der Waals surface area contributed by atoms with Gasteiger partial charge in [0.25, 0.3) is 0 Å². The summed E-state index contributed by atoms with van der Waals surface area (Å²) < 4.78 is 27.5. The minimum Gasteiger partial charge on any atom is -0.355 e. The van der Waals surface area contributed by atoms with E-state index < -0.39 is 0 Å². The van der Waals surface area contributed by atoms with E-state index in [1.165, 1.54) is 12.1 Å². The van der Waals surface area contributed by atoms with E-state index in [9.17, 15) is 8.78 Å². The predicted octanol–water partition coefficient (Wildman–Crippen LogP) is 3.22. The zero-order valence-electron chi connectivity index (χ0n) is 10.3. The number of piperidine rings is 1. The van der Waals surface area contributed by atoms with Crippen LogP contribution in [0.2, 0.25) is 0 Å². The van der Waals surface area contributed by atoms with E-state index in [0.29, 0.717) is 16.8 Å². The second-order valence-corrected chi connectivity index (χ2v) is 4.99. The number of hydrogen-bond acceptors (Lipinski definition) is 1. The summed E-state index contributed by atoms with van der Waals surface area (Å²) in [6.45, 7) is 3.76. The van der Waals surface area contributed by atoms with Gasteiger partial charge in [-0.05, 0) is 44.0 Å². The lowest BCUT2D eigenvalue weighted by Crippen LogP contribution is -2.28. The van der Waals surface area contributed by atoms with Crippen LogP contribution in [0.4, 0.5) is 8.78 Å². The molecule has 3 rings (SSSR count). The van der Waals surface area contributed by atoms with Crippen molar-refractivity contribution in [3.8, 4) is 0 Å². The molecule has 0 radical (unpaired) electrons. The summed E-state index contributed by atoms with van der Waals surface area (Å²) in [6.07, 6.45) is 2.16. The van der Waals surface area contributed by atoms with Crippen LogP contribution in [0.1, 0.15) is 30.0 Å². The fourth-order valence-electron chi connectivity index (χ4n) is 2.91. The summed E-state index contributed by atoms with van der Waals surface area (Å²) in [5.74, 6) is -0.412. The molecule has 0 bridgehead atoms. The van der Waals surface area contributed by atoms with Crippen LogP contribution >= 0.6 is 0 Å². The summed E-state index contributed by atoms with van der Waals surface area (Å²) in [5, 5.41) is 3.73. The average Bonchev–Trinajstić information content (AvgIpc) is 2.74. The van der Waals surface area contributed by atoms with Gasteiger partial charge in [-0.3, -0.25) is 0 Å². The first-order valence-corrected chi connectivity index (χ1v) is 6.35.